The summed E-state index contributed by atoms with van der Waals surface area (Å²) in [6, 6.07) is 9.49. The van der Waals surface area contributed by atoms with Crippen LogP contribution in [0.2, 0.25) is 0 Å². The van der Waals surface area contributed by atoms with Crippen molar-refractivity contribution in [3.63, 3.8) is 0 Å². The summed E-state index contributed by atoms with van der Waals surface area (Å²) in [5.41, 5.74) is 3.08. The van der Waals surface area contributed by atoms with Crippen molar-refractivity contribution in [1.29, 1.82) is 0 Å². The summed E-state index contributed by atoms with van der Waals surface area (Å²) >= 11 is 0. The molecule has 0 aromatic heterocycles. The monoisotopic (exact) mass is 294 g/mol. The lowest BCUT2D eigenvalue weighted by Crippen LogP contribution is -2.33. The molecule has 3 aliphatic rings. The summed E-state index contributed by atoms with van der Waals surface area (Å²) in [6.07, 6.45) is 2.87. The summed E-state index contributed by atoms with van der Waals surface area (Å²) in [5.74, 6) is 1.43. The molecular formula is C16H23ClN2O. The molecule has 4 heteroatoms. The van der Waals surface area contributed by atoms with E-state index in [2.05, 4.69) is 34.9 Å². The van der Waals surface area contributed by atoms with E-state index in [1.807, 2.05) is 0 Å². The number of fused-ring (bicyclic) bond motifs is 3. The standard InChI is InChI=1S/C16H22N2O.ClH/c1-2-6-13-12(5-1)14-9-17-10-15(14)16(13)18-8-11-4-3-7-19-11;/h1-2,5-6,11,14-18H,3-4,7-10H2;1H/t11?,14-,15-,16?;/m0./s1. The Bertz CT molecular complexity index is 462. The molecule has 0 bridgehead atoms. The molecule has 0 spiro atoms. The molecule has 2 fully saturated rings. The van der Waals surface area contributed by atoms with Gasteiger partial charge in [0.1, 0.15) is 0 Å². The van der Waals surface area contributed by atoms with E-state index in [0.717, 1.165) is 32.2 Å². The molecule has 1 aromatic rings. The SMILES string of the molecule is Cl.c1ccc2c(c1)C(NCC1CCCO1)[C@H]1CNC[C@@H]21. The third kappa shape index (κ3) is 2.37. The molecule has 2 unspecified atom stereocenters. The van der Waals surface area contributed by atoms with Gasteiger partial charge in [-0.05, 0) is 29.9 Å². The zero-order valence-electron chi connectivity index (χ0n) is 11.7. The molecule has 1 aliphatic carbocycles. The highest BCUT2D eigenvalue weighted by Crippen LogP contribution is 2.46. The van der Waals surface area contributed by atoms with Crippen LogP contribution in [-0.4, -0.2) is 32.3 Å². The fourth-order valence-corrected chi connectivity index (χ4v) is 4.08. The van der Waals surface area contributed by atoms with Gasteiger partial charge in [-0.1, -0.05) is 24.3 Å². The highest BCUT2D eigenvalue weighted by Gasteiger charge is 2.42. The van der Waals surface area contributed by atoms with E-state index in [-0.39, 0.29) is 12.4 Å². The van der Waals surface area contributed by atoms with E-state index < -0.39 is 0 Å². The fraction of sp³-hybridized carbons (Fsp3) is 0.625. The Balaban J connectivity index is 0.00000121. The minimum Gasteiger partial charge on any atom is -0.377 e. The zero-order chi connectivity index (χ0) is 12.7. The highest BCUT2D eigenvalue weighted by molar-refractivity contribution is 5.85. The predicted octanol–water partition coefficient (Wildman–Crippen LogP) is 2.23. The Kier molecular flexibility index (Phi) is 4.32. The Labute approximate surface area is 126 Å². The van der Waals surface area contributed by atoms with Crippen molar-refractivity contribution in [3.8, 4) is 0 Å². The van der Waals surface area contributed by atoms with E-state index in [4.69, 9.17) is 4.74 Å². The van der Waals surface area contributed by atoms with Crippen LogP contribution in [0.3, 0.4) is 0 Å². The van der Waals surface area contributed by atoms with Crippen LogP contribution in [0.4, 0.5) is 0 Å². The number of hydrogen-bond donors (Lipinski definition) is 2. The van der Waals surface area contributed by atoms with Gasteiger partial charge >= 0.3 is 0 Å². The van der Waals surface area contributed by atoms with Gasteiger partial charge in [0.05, 0.1) is 6.10 Å². The van der Waals surface area contributed by atoms with E-state index in [1.54, 1.807) is 5.56 Å². The van der Waals surface area contributed by atoms with Crippen molar-refractivity contribution in [2.45, 2.75) is 30.9 Å². The van der Waals surface area contributed by atoms with Gasteiger partial charge in [-0.15, -0.1) is 12.4 Å². The molecule has 20 heavy (non-hydrogen) atoms. The average molecular weight is 295 g/mol. The third-order valence-corrected chi connectivity index (χ3v) is 5.01. The van der Waals surface area contributed by atoms with Gasteiger partial charge in [0.2, 0.25) is 0 Å². The maximum Gasteiger partial charge on any atom is 0.0700 e. The van der Waals surface area contributed by atoms with Gasteiger partial charge in [-0.3, -0.25) is 0 Å². The Morgan fingerprint density at radius 3 is 2.85 bits per heavy atom. The second kappa shape index (κ2) is 6.02. The normalized spacial score (nSPS) is 34.6. The molecule has 1 aromatic carbocycles. The van der Waals surface area contributed by atoms with Crippen molar-refractivity contribution in [2.75, 3.05) is 26.2 Å². The van der Waals surface area contributed by atoms with Crippen LogP contribution in [0.5, 0.6) is 0 Å². The predicted molar refractivity (Wildman–Crippen MR) is 82.5 cm³/mol. The first-order valence-corrected chi connectivity index (χ1v) is 7.58. The minimum atomic E-state index is 0. The minimum absolute atomic E-state index is 0. The first kappa shape index (κ1) is 14.3. The van der Waals surface area contributed by atoms with Crippen LogP contribution in [0, 0.1) is 5.92 Å². The maximum absolute atomic E-state index is 5.73. The van der Waals surface area contributed by atoms with E-state index in [1.165, 1.54) is 18.4 Å². The topological polar surface area (TPSA) is 33.3 Å². The van der Waals surface area contributed by atoms with Gasteiger partial charge in [-0.2, -0.15) is 0 Å². The molecule has 2 N–H and O–H groups in total. The molecule has 110 valence electrons. The summed E-state index contributed by atoms with van der Waals surface area (Å²) in [5, 5.41) is 7.34. The number of halogens is 1. The zero-order valence-corrected chi connectivity index (χ0v) is 12.5. The van der Waals surface area contributed by atoms with Gasteiger partial charge in [0.15, 0.2) is 0 Å². The quantitative estimate of drug-likeness (QED) is 0.897. The van der Waals surface area contributed by atoms with Crippen LogP contribution in [-0.2, 0) is 4.74 Å². The van der Waals surface area contributed by atoms with Crippen LogP contribution in [0.25, 0.3) is 0 Å². The first-order valence-electron chi connectivity index (χ1n) is 7.58. The van der Waals surface area contributed by atoms with E-state index in [9.17, 15) is 0 Å². The second-order valence-electron chi connectivity index (χ2n) is 6.08. The molecule has 0 radical (unpaired) electrons. The van der Waals surface area contributed by atoms with Crippen molar-refractivity contribution in [1.82, 2.24) is 10.6 Å². The summed E-state index contributed by atoms with van der Waals surface area (Å²) < 4.78 is 5.73. The molecule has 2 saturated heterocycles. The fourth-order valence-electron chi connectivity index (χ4n) is 4.08. The molecule has 4 rings (SSSR count). The Morgan fingerprint density at radius 1 is 1.20 bits per heavy atom. The third-order valence-electron chi connectivity index (χ3n) is 5.01. The summed E-state index contributed by atoms with van der Waals surface area (Å²) in [6.45, 7) is 4.23. The lowest BCUT2D eigenvalue weighted by atomic mass is 9.94. The van der Waals surface area contributed by atoms with Crippen molar-refractivity contribution >= 4 is 12.4 Å². The molecule has 0 amide bonds. The van der Waals surface area contributed by atoms with E-state index >= 15 is 0 Å². The number of rotatable bonds is 3. The van der Waals surface area contributed by atoms with Crippen molar-refractivity contribution in [3.05, 3.63) is 35.4 Å². The smallest absolute Gasteiger partial charge is 0.0700 e. The molecule has 0 saturated carbocycles. The number of hydrogen-bond acceptors (Lipinski definition) is 3. The lowest BCUT2D eigenvalue weighted by Gasteiger charge is -2.22. The second-order valence-corrected chi connectivity index (χ2v) is 6.08. The first-order chi connectivity index (χ1) is 9.43. The van der Waals surface area contributed by atoms with Gasteiger partial charge in [-0.25, -0.2) is 0 Å². The van der Waals surface area contributed by atoms with Crippen LogP contribution in [0.15, 0.2) is 24.3 Å². The van der Waals surface area contributed by atoms with Crippen LogP contribution >= 0.6 is 12.4 Å². The summed E-state index contributed by atoms with van der Waals surface area (Å²) in [4.78, 5) is 0. The molecular weight excluding hydrogens is 272 g/mol. The van der Waals surface area contributed by atoms with Gasteiger partial charge in [0, 0.05) is 38.2 Å². The largest absolute Gasteiger partial charge is 0.377 e. The summed E-state index contributed by atoms with van der Waals surface area (Å²) in [7, 11) is 0. The lowest BCUT2D eigenvalue weighted by molar-refractivity contribution is 0.105. The molecule has 2 heterocycles. The number of ether oxygens (including phenoxy) is 1. The maximum atomic E-state index is 5.73. The number of benzene rings is 1. The van der Waals surface area contributed by atoms with Crippen LogP contribution < -0.4 is 10.6 Å². The van der Waals surface area contributed by atoms with Crippen molar-refractivity contribution < 1.29 is 4.74 Å². The average Bonchev–Trinajstić information content (AvgIpc) is 3.14. The van der Waals surface area contributed by atoms with Gasteiger partial charge < -0.3 is 15.4 Å². The van der Waals surface area contributed by atoms with E-state index in [0.29, 0.717) is 18.1 Å². The van der Waals surface area contributed by atoms with Gasteiger partial charge in [0.25, 0.3) is 0 Å². The van der Waals surface area contributed by atoms with Crippen molar-refractivity contribution in [2.24, 2.45) is 5.92 Å². The molecule has 3 nitrogen and oxygen atoms in total. The van der Waals surface area contributed by atoms with Crippen LogP contribution in [0.1, 0.15) is 35.9 Å². The number of nitrogens with one attached hydrogen (secondary N) is 2. The molecule has 2 aliphatic heterocycles. The Hall–Kier alpha value is -0.610. The Morgan fingerprint density at radius 2 is 2.05 bits per heavy atom. The molecule has 4 atom stereocenters. The highest BCUT2D eigenvalue weighted by atomic mass is 35.5.